The Morgan fingerprint density at radius 3 is 2.94 bits per heavy atom. The van der Waals surface area contributed by atoms with Crippen molar-refractivity contribution < 1.29 is 0 Å². The maximum absolute atomic E-state index is 4.26. The van der Waals surface area contributed by atoms with E-state index < -0.39 is 0 Å². The fourth-order valence-electron chi connectivity index (χ4n) is 2.43. The summed E-state index contributed by atoms with van der Waals surface area (Å²) in [7, 11) is 0. The average Bonchev–Trinajstić information content (AvgIpc) is 3.10. The van der Waals surface area contributed by atoms with Crippen molar-refractivity contribution in [2.75, 3.05) is 5.32 Å². The molecule has 0 saturated heterocycles. The lowest BCUT2D eigenvalue weighted by atomic mass is 10.1. The molecule has 1 N–H and O–H groups in total. The summed E-state index contributed by atoms with van der Waals surface area (Å²) < 4.78 is 1.89. The van der Waals surface area contributed by atoms with Crippen LogP contribution >= 0.6 is 0 Å². The molecular formula is C15H19N3. The smallest absolute Gasteiger partial charge is 0.0666 e. The SMILES string of the molecule is CCC(Nc1cccc(-n2cccn2)c1)C1CC1. The van der Waals surface area contributed by atoms with E-state index in [1.807, 2.05) is 16.9 Å². The number of nitrogens with one attached hydrogen (secondary N) is 1. The molecule has 0 radical (unpaired) electrons. The normalized spacial score (nSPS) is 16.5. The van der Waals surface area contributed by atoms with Crippen LogP contribution in [0.2, 0.25) is 0 Å². The van der Waals surface area contributed by atoms with Crippen molar-refractivity contribution in [1.29, 1.82) is 0 Å². The van der Waals surface area contributed by atoms with Crippen LogP contribution in [0.5, 0.6) is 0 Å². The Morgan fingerprint density at radius 2 is 2.28 bits per heavy atom. The summed E-state index contributed by atoms with van der Waals surface area (Å²) in [6.45, 7) is 2.26. The first kappa shape index (κ1) is 11.3. The zero-order chi connectivity index (χ0) is 12.4. The highest BCUT2D eigenvalue weighted by molar-refractivity contribution is 5.51. The third-order valence-electron chi connectivity index (χ3n) is 3.60. The van der Waals surface area contributed by atoms with Gasteiger partial charge in [-0.05, 0) is 49.4 Å². The molecule has 3 rings (SSSR count). The minimum Gasteiger partial charge on any atom is -0.382 e. The quantitative estimate of drug-likeness (QED) is 0.868. The predicted molar refractivity (Wildman–Crippen MR) is 74.0 cm³/mol. The summed E-state index contributed by atoms with van der Waals surface area (Å²) in [6.07, 6.45) is 7.72. The van der Waals surface area contributed by atoms with Gasteiger partial charge >= 0.3 is 0 Å². The number of hydrogen-bond acceptors (Lipinski definition) is 2. The summed E-state index contributed by atoms with van der Waals surface area (Å²) in [6, 6.07) is 11.0. The van der Waals surface area contributed by atoms with Gasteiger partial charge in [0.1, 0.15) is 0 Å². The van der Waals surface area contributed by atoms with Crippen LogP contribution in [0.25, 0.3) is 5.69 Å². The van der Waals surface area contributed by atoms with Gasteiger partial charge in [0.2, 0.25) is 0 Å². The summed E-state index contributed by atoms with van der Waals surface area (Å²) in [5, 5.41) is 7.92. The lowest BCUT2D eigenvalue weighted by molar-refractivity contribution is 0.616. The minimum atomic E-state index is 0.623. The Morgan fingerprint density at radius 1 is 1.39 bits per heavy atom. The fourth-order valence-corrected chi connectivity index (χ4v) is 2.43. The summed E-state index contributed by atoms with van der Waals surface area (Å²) in [5.74, 6) is 0.878. The Bertz CT molecular complexity index is 500. The van der Waals surface area contributed by atoms with Crippen LogP contribution in [0.1, 0.15) is 26.2 Å². The fraction of sp³-hybridized carbons (Fsp3) is 0.400. The molecule has 1 aliphatic rings. The number of nitrogens with zero attached hydrogens (tertiary/aromatic N) is 2. The van der Waals surface area contributed by atoms with Crippen molar-refractivity contribution in [3.05, 3.63) is 42.7 Å². The molecule has 1 heterocycles. The van der Waals surface area contributed by atoms with Gasteiger partial charge in [0.25, 0.3) is 0 Å². The molecule has 0 bridgehead atoms. The van der Waals surface area contributed by atoms with Gasteiger partial charge < -0.3 is 5.32 Å². The average molecular weight is 241 g/mol. The molecule has 0 spiro atoms. The van der Waals surface area contributed by atoms with Crippen LogP contribution in [0, 0.1) is 5.92 Å². The van der Waals surface area contributed by atoms with Crippen molar-refractivity contribution in [1.82, 2.24) is 9.78 Å². The lowest BCUT2D eigenvalue weighted by Gasteiger charge is -2.18. The second-order valence-corrected chi connectivity index (χ2v) is 5.00. The van der Waals surface area contributed by atoms with E-state index in [1.165, 1.54) is 24.9 Å². The first-order valence-electron chi connectivity index (χ1n) is 6.73. The maximum atomic E-state index is 4.26. The van der Waals surface area contributed by atoms with Gasteiger partial charge in [-0.25, -0.2) is 4.68 Å². The highest BCUT2D eigenvalue weighted by Crippen LogP contribution is 2.35. The van der Waals surface area contributed by atoms with E-state index in [2.05, 4.69) is 41.6 Å². The molecule has 94 valence electrons. The third-order valence-corrected chi connectivity index (χ3v) is 3.60. The lowest BCUT2D eigenvalue weighted by Crippen LogP contribution is -2.20. The first-order chi connectivity index (χ1) is 8.86. The topological polar surface area (TPSA) is 29.9 Å². The van der Waals surface area contributed by atoms with Gasteiger partial charge in [0, 0.05) is 24.1 Å². The van der Waals surface area contributed by atoms with Gasteiger partial charge in [-0.2, -0.15) is 5.10 Å². The van der Waals surface area contributed by atoms with E-state index in [4.69, 9.17) is 0 Å². The Balaban J connectivity index is 1.78. The number of rotatable bonds is 5. The van der Waals surface area contributed by atoms with E-state index in [-0.39, 0.29) is 0 Å². The molecule has 0 aliphatic heterocycles. The first-order valence-corrected chi connectivity index (χ1v) is 6.73. The van der Waals surface area contributed by atoms with Gasteiger partial charge in [-0.1, -0.05) is 13.0 Å². The van der Waals surface area contributed by atoms with Crippen molar-refractivity contribution in [2.24, 2.45) is 5.92 Å². The number of aromatic nitrogens is 2. The summed E-state index contributed by atoms with van der Waals surface area (Å²) in [5.41, 5.74) is 2.30. The Labute approximate surface area is 108 Å². The van der Waals surface area contributed by atoms with Crippen LogP contribution in [0.15, 0.2) is 42.7 Å². The highest BCUT2D eigenvalue weighted by Gasteiger charge is 2.29. The second kappa shape index (κ2) is 4.84. The Hall–Kier alpha value is -1.77. The second-order valence-electron chi connectivity index (χ2n) is 5.00. The minimum absolute atomic E-state index is 0.623. The largest absolute Gasteiger partial charge is 0.382 e. The van der Waals surface area contributed by atoms with Gasteiger partial charge in [0.15, 0.2) is 0 Å². The summed E-state index contributed by atoms with van der Waals surface area (Å²) in [4.78, 5) is 0. The van der Waals surface area contributed by atoms with Crippen LogP contribution in [-0.4, -0.2) is 15.8 Å². The van der Waals surface area contributed by atoms with E-state index in [0.29, 0.717) is 6.04 Å². The molecule has 1 aliphatic carbocycles. The van der Waals surface area contributed by atoms with Crippen molar-refractivity contribution in [3.63, 3.8) is 0 Å². The standard InChI is InChI=1S/C15H19N3/c1-2-15(12-7-8-12)17-13-5-3-6-14(11-13)18-10-4-9-16-18/h3-6,9-12,15,17H,2,7-8H2,1H3. The van der Waals surface area contributed by atoms with Crippen LogP contribution in [0.4, 0.5) is 5.69 Å². The van der Waals surface area contributed by atoms with Gasteiger partial charge in [-0.3, -0.25) is 0 Å². The van der Waals surface area contributed by atoms with E-state index >= 15 is 0 Å². The molecule has 0 amide bonds. The van der Waals surface area contributed by atoms with E-state index in [0.717, 1.165) is 11.6 Å². The van der Waals surface area contributed by atoms with Gasteiger partial charge in [0.05, 0.1) is 5.69 Å². The van der Waals surface area contributed by atoms with Crippen molar-refractivity contribution in [3.8, 4) is 5.69 Å². The molecule has 1 unspecified atom stereocenters. The van der Waals surface area contributed by atoms with Crippen molar-refractivity contribution in [2.45, 2.75) is 32.2 Å². The molecule has 1 saturated carbocycles. The van der Waals surface area contributed by atoms with Crippen molar-refractivity contribution >= 4 is 5.69 Å². The number of hydrogen-bond donors (Lipinski definition) is 1. The van der Waals surface area contributed by atoms with Crippen LogP contribution in [-0.2, 0) is 0 Å². The van der Waals surface area contributed by atoms with Gasteiger partial charge in [-0.15, -0.1) is 0 Å². The Kier molecular flexibility index (Phi) is 3.05. The molecule has 1 aromatic carbocycles. The molecule has 1 fully saturated rings. The highest BCUT2D eigenvalue weighted by atomic mass is 15.3. The predicted octanol–water partition coefficient (Wildman–Crippen LogP) is 3.47. The van der Waals surface area contributed by atoms with Crippen LogP contribution in [0.3, 0.4) is 0 Å². The molecular weight excluding hydrogens is 222 g/mol. The maximum Gasteiger partial charge on any atom is 0.0666 e. The molecule has 3 heteroatoms. The zero-order valence-electron chi connectivity index (χ0n) is 10.7. The third kappa shape index (κ3) is 2.40. The monoisotopic (exact) mass is 241 g/mol. The number of benzene rings is 1. The molecule has 1 atom stereocenters. The van der Waals surface area contributed by atoms with E-state index in [9.17, 15) is 0 Å². The summed E-state index contributed by atoms with van der Waals surface area (Å²) >= 11 is 0. The molecule has 3 nitrogen and oxygen atoms in total. The van der Waals surface area contributed by atoms with Crippen LogP contribution < -0.4 is 5.32 Å². The molecule has 18 heavy (non-hydrogen) atoms. The zero-order valence-corrected chi connectivity index (χ0v) is 10.7. The number of anilines is 1. The molecule has 1 aromatic heterocycles. The van der Waals surface area contributed by atoms with E-state index in [1.54, 1.807) is 6.20 Å². The molecule has 2 aromatic rings.